The van der Waals surface area contributed by atoms with Gasteiger partial charge in [0, 0.05) is 27.3 Å². The average molecular weight is 590 g/mol. The van der Waals surface area contributed by atoms with Gasteiger partial charge < -0.3 is 9.88 Å². The van der Waals surface area contributed by atoms with Crippen LogP contribution in [-0.4, -0.2) is 10.3 Å². The van der Waals surface area contributed by atoms with Crippen LogP contribution in [0.5, 0.6) is 0 Å². The third kappa shape index (κ3) is 3.46. The summed E-state index contributed by atoms with van der Waals surface area (Å²) >= 11 is 0. The molecule has 1 N–H and O–H groups in total. The SMILES string of the molecule is CC1(C)C2=C(NC(n3c4ccccc4c4cc5ccccc5cc43)C(c3ccc4c(ccc5ccccc54)c3)=N2)c2ccccc21. The maximum Gasteiger partial charge on any atom is 0.148 e. The molecular weight excluding hydrogens is 558 g/mol. The van der Waals surface area contributed by atoms with Gasteiger partial charge in [-0.25, -0.2) is 4.99 Å². The predicted molar refractivity (Wildman–Crippen MR) is 194 cm³/mol. The van der Waals surface area contributed by atoms with E-state index in [4.69, 9.17) is 4.99 Å². The van der Waals surface area contributed by atoms with Gasteiger partial charge in [-0.3, -0.25) is 0 Å². The van der Waals surface area contributed by atoms with E-state index < -0.39 is 0 Å². The van der Waals surface area contributed by atoms with Gasteiger partial charge in [0.1, 0.15) is 6.17 Å². The van der Waals surface area contributed by atoms with Crippen LogP contribution >= 0.6 is 0 Å². The molecule has 1 aromatic heterocycles. The zero-order chi connectivity index (χ0) is 30.6. The molecule has 0 radical (unpaired) electrons. The van der Waals surface area contributed by atoms with Crippen LogP contribution in [0.4, 0.5) is 0 Å². The molecule has 0 saturated heterocycles. The van der Waals surface area contributed by atoms with E-state index in [0.29, 0.717) is 0 Å². The van der Waals surface area contributed by atoms with Crippen molar-refractivity contribution in [3.05, 3.63) is 162 Å². The van der Waals surface area contributed by atoms with Crippen LogP contribution in [0, 0.1) is 0 Å². The van der Waals surface area contributed by atoms with Crippen LogP contribution in [0.3, 0.4) is 0 Å². The van der Waals surface area contributed by atoms with Crippen molar-refractivity contribution in [2.75, 3.05) is 0 Å². The summed E-state index contributed by atoms with van der Waals surface area (Å²) in [5.74, 6) is 0. The summed E-state index contributed by atoms with van der Waals surface area (Å²) in [7, 11) is 0. The number of aromatic nitrogens is 1. The van der Waals surface area contributed by atoms with Crippen molar-refractivity contribution in [3.8, 4) is 0 Å². The van der Waals surface area contributed by atoms with E-state index in [9.17, 15) is 0 Å². The van der Waals surface area contributed by atoms with Crippen LogP contribution in [0.25, 0.3) is 59.8 Å². The summed E-state index contributed by atoms with van der Waals surface area (Å²) in [6.07, 6.45) is -0.220. The molecule has 2 aliphatic rings. The number of aliphatic imine (C=N–C) groups is 1. The first kappa shape index (κ1) is 25.6. The van der Waals surface area contributed by atoms with Crippen molar-refractivity contribution in [3.63, 3.8) is 0 Å². The highest BCUT2D eigenvalue weighted by atomic mass is 15.2. The molecule has 8 aromatic rings. The monoisotopic (exact) mass is 589 g/mol. The highest BCUT2D eigenvalue weighted by molar-refractivity contribution is 6.16. The number of hydrogen-bond donors (Lipinski definition) is 1. The second-order valence-corrected chi connectivity index (χ2v) is 13.3. The Balaban J connectivity index is 1.27. The minimum Gasteiger partial charge on any atom is -0.358 e. The second-order valence-electron chi connectivity index (χ2n) is 13.3. The molecule has 46 heavy (non-hydrogen) atoms. The third-order valence-electron chi connectivity index (χ3n) is 10.3. The predicted octanol–water partition coefficient (Wildman–Crippen LogP) is 10.5. The molecule has 3 heteroatoms. The molecular formula is C43H31N3. The molecule has 1 unspecified atom stereocenters. The zero-order valence-electron chi connectivity index (χ0n) is 25.8. The minimum atomic E-state index is -0.223. The van der Waals surface area contributed by atoms with E-state index in [2.05, 4.69) is 163 Å². The van der Waals surface area contributed by atoms with Crippen LogP contribution in [0.15, 0.2) is 150 Å². The normalized spacial score (nSPS) is 17.1. The number of nitrogens with one attached hydrogen (secondary N) is 1. The Hall–Kier alpha value is -5.67. The first-order valence-electron chi connectivity index (χ1n) is 16.1. The van der Waals surface area contributed by atoms with Gasteiger partial charge in [-0.05, 0) is 62.1 Å². The number of allylic oxidation sites excluding steroid dienone is 1. The van der Waals surface area contributed by atoms with Crippen LogP contribution in [0.2, 0.25) is 0 Å². The Morgan fingerprint density at radius 3 is 2.11 bits per heavy atom. The quantitative estimate of drug-likeness (QED) is 0.200. The van der Waals surface area contributed by atoms with Gasteiger partial charge in [0.25, 0.3) is 0 Å². The Bertz CT molecular complexity index is 2650. The number of fused-ring (bicyclic) bond motifs is 9. The lowest BCUT2D eigenvalue weighted by Crippen LogP contribution is -2.37. The summed E-state index contributed by atoms with van der Waals surface area (Å²) in [5, 5.41) is 14.1. The number of benzene rings is 7. The molecule has 7 aromatic carbocycles. The van der Waals surface area contributed by atoms with Crippen molar-refractivity contribution in [1.82, 2.24) is 9.88 Å². The van der Waals surface area contributed by atoms with Crippen LogP contribution < -0.4 is 5.32 Å². The Kier molecular flexibility index (Phi) is 5.12. The number of hydrogen-bond acceptors (Lipinski definition) is 2. The lowest BCUT2D eigenvalue weighted by molar-refractivity contribution is 0.588. The molecule has 0 fully saturated rings. The smallest absolute Gasteiger partial charge is 0.148 e. The maximum absolute atomic E-state index is 5.68. The summed E-state index contributed by atoms with van der Waals surface area (Å²) in [6, 6.07) is 51.0. The van der Waals surface area contributed by atoms with Crippen molar-refractivity contribution in [2.45, 2.75) is 25.4 Å². The van der Waals surface area contributed by atoms with Crippen molar-refractivity contribution < 1.29 is 0 Å². The lowest BCUT2D eigenvalue weighted by Gasteiger charge is -2.32. The maximum atomic E-state index is 5.68. The Labute approximate surface area is 267 Å². The standard InChI is InChI=1S/C43H31N3/c1-43(2)36-17-9-7-16-34(36)40-41(43)44-39(30-21-22-32-29(23-30)20-19-26-11-5-6-14-31(26)32)42(45-40)46-37-18-10-8-15-33(37)35-24-27-12-3-4-13-28(27)25-38(35)46/h3-25,42,45H,1-2H3. The number of para-hydroxylation sites is 1. The average Bonchev–Trinajstić information content (AvgIpc) is 3.54. The van der Waals surface area contributed by atoms with Gasteiger partial charge >= 0.3 is 0 Å². The zero-order valence-corrected chi connectivity index (χ0v) is 25.8. The summed E-state index contributed by atoms with van der Waals surface area (Å²) in [5.41, 5.74) is 9.12. The van der Waals surface area contributed by atoms with Crippen LogP contribution in [-0.2, 0) is 5.41 Å². The third-order valence-corrected chi connectivity index (χ3v) is 10.3. The molecule has 0 amide bonds. The van der Waals surface area contributed by atoms with E-state index in [0.717, 1.165) is 22.7 Å². The molecule has 2 heterocycles. The van der Waals surface area contributed by atoms with Gasteiger partial charge in [-0.15, -0.1) is 0 Å². The van der Waals surface area contributed by atoms with Crippen molar-refractivity contribution >= 4 is 65.5 Å². The first-order valence-corrected chi connectivity index (χ1v) is 16.1. The molecule has 10 rings (SSSR count). The molecule has 1 aliphatic heterocycles. The summed E-state index contributed by atoms with van der Waals surface area (Å²) < 4.78 is 2.48. The molecule has 1 atom stereocenters. The molecule has 3 nitrogen and oxygen atoms in total. The van der Waals surface area contributed by atoms with Gasteiger partial charge in [0.15, 0.2) is 0 Å². The molecule has 0 spiro atoms. The van der Waals surface area contributed by atoms with E-state index in [1.54, 1.807) is 0 Å². The highest BCUT2D eigenvalue weighted by Crippen LogP contribution is 2.49. The summed E-state index contributed by atoms with van der Waals surface area (Å²) in [4.78, 5) is 5.68. The van der Waals surface area contributed by atoms with E-state index in [1.807, 2.05) is 0 Å². The molecule has 0 saturated carbocycles. The minimum absolute atomic E-state index is 0.220. The van der Waals surface area contributed by atoms with Gasteiger partial charge in [-0.2, -0.15) is 0 Å². The summed E-state index contributed by atoms with van der Waals surface area (Å²) in [6.45, 7) is 4.60. The fourth-order valence-electron chi connectivity index (χ4n) is 8.09. The Morgan fingerprint density at radius 1 is 0.565 bits per heavy atom. The molecule has 0 bridgehead atoms. The van der Waals surface area contributed by atoms with E-state index in [1.165, 1.54) is 65.3 Å². The number of rotatable bonds is 2. The highest BCUT2D eigenvalue weighted by Gasteiger charge is 2.42. The van der Waals surface area contributed by atoms with Gasteiger partial charge in [-0.1, -0.05) is 129 Å². The largest absolute Gasteiger partial charge is 0.358 e. The van der Waals surface area contributed by atoms with Gasteiger partial charge in [0.2, 0.25) is 0 Å². The van der Waals surface area contributed by atoms with Gasteiger partial charge in [0.05, 0.1) is 28.1 Å². The fraction of sp³-hybridized carbons (Fsp3) is 0.0930. The first-order chi connectivity index (χ1) is 22.6. The van der Waals surface area contributed by atoms with Crippen molar-refractivity contribution in [2.24, 2.45) is 4.99 Å². The lowest BCUT2D eigenvalue weighted by atomic mass is 9.84. The second kappa shape index (κ2) is 9.18. The Morgan fingerprint density at radius 2 is 1.24 bits per heavy atom. The van der Waals surface area contributed by atoms with Crippen LogP contribution in [0.1, 0.15) is 36.7 Å². The topological polar surface area (TPSA) is 29.3 Å². The molecule has 1 aliphatic carbocycles. The fourth-order valence-corrected chi connectivity index (χ4v) is 8.09. The number of nitrogens with zero attached hydrogens (tertiary/aromatic N) is 2. The van der Waals surface area contributed by atoms with Crippen molar-refractivity contribution in [1.29, 1.82) is 0 Å². The van der Waals surface area contributed by atoms with E-state index >= 15 is 0 Å². The van der Waals surface area contributed by atoms with E-state index in [-0.39, 0.29) is 11.6 Å². The molecule has 218 valence electrons.